The lowest BCUT2D eigenvalue weighted by Crippen LogP contribution is -2.44. The minimum Gasteiger partial charge on any atom is -0.341 e. The van der Waals surface area contributed by atoms with Crippen molar-refractivity contribution in [2.75, 3.05) is 19.8 Å². The molecule has 0 aromatic carbocycles. The van der Waals surface area contributed by atoms with E-state index >= 15 is 0 Å². The summed E-state index contributed by atoms with van der Waals surface area (Å²) in [6, 6.07) is 5.90. The Labute approximate surface area is 153 Å². The molecule has 4 rings (SSSR count). The van der Waals surface area contributed by atoms with Crippen molar-refractivity contribution < 1.29 is 9.18 Å². The molecule has 0 spiro atoms. The minimum absolute atomic E-state index is 0.0385. The van der Waals surface area contributed by atoms with E-state index in [1.165, 1.54) is 14.0 Å². The lowest BCUT2D eigenvalue weighted by atomic mass is 10.2. The summed E-state index contributed by atoms with van der Waals surface area (Å²) in [6.45, 7) is 2.73. The maximum Gasteiger partial charge on any atom is 0.330 e. The zero-order valence-electron chi connectivity index (χ0n) is 14.4. The Balaban J connectivity index is 1.82. The van der Waals surface area contributed by atoms with E-state index in [4.69, 9.17) is 0 Å². The Morgan fingerprint density at radius 1 is 1.31 bits per heavy atom. The number of pyridine rings is 1. The van der Waals surface area contributed by atoms with Crippen molar-refractivity contribution in [2.24, 2.45) is 0 Å². The molecule has 1 aliphatic rings. The van der Waals surface area contributed by atoms with Gasteiger partial charge in [-0.15, -0.1) is 11.3 Å². The molecule has 6 nitrogen and oxygen atoms in total. The van der Waals surface area contributed by atoms with Crippen LogP contribution in [0.25, 0.3) is 21.6 Å². The van der Waals surface area contributed by atoms with Crippen LogP contribution in [0, 0.1) is 6.92 Å². The highest BCUT2D eigenvalue weighted by Gasteiger charge is 2.23. The first-order valence-corrected chi connectivity index (χ1v) is 9.40. The fraction of sp³-hybridized carbons (Fsp3) is 0.389. The molecular formula is C18H19FN4O2S. The van der Waals surface area contributed by atoms with Gasteiger partial charge in [-0.2, -0.15) is 0 Å². The Hall–Kier alpha value is -2.48. The van der Waals surface area contributed by atoms with E-state index in [2.05, 4.69) is 4.98 Å². The highest BCUT2D eigenvalue weighted by molar-refractivity contribution is 7.15. The Morgan fingerprint density at radius 3 is 2.73 bits per heavy atom. The molecule has 0 radical (unpaired) electrons. The molecule has 1 amide bonds. The maximum absolute atomic E-state index is 12.9. The van der Waals surface area contributed by atoms with Crippen LogP contribution in [0.1, 0.15) is 11.3 Å². The number of carbonyl (C=O) groups excluding carboxylic acids is 1. The van der Waals surface area contributed by atoms with Gasteiger partial charge in [-0.1, -0.05) is 0 Å². The Kier molecular flexibility index (Phi) is 4.36. The third-order valence-electron chi connectivity index (χ3n) is 4.69. The van der Waals surface area contributed by atoms with Crippen LogP contribution in [0.15, 0.2) is 29.2 Å². The highest BCUT2D eigenvalue weighted by Crippen LogP contribution is 2.29. The SMILES string of the molecule is Cc1ccc(-c2cnc3c(c2)n(CC(=O)N2CCC2)c(=O)n3CCF)s1. The molecule has 136 valence electrons. The number of amides is 1. The molecule has 0 atom stereocenters. The lowest BCUT2D eigenvalue weighted by molar-refractivity contribution is -0.135. The first-order chi connectivity index (χ1) is 12.6. The van der Waals surface area contributed by atoms with Crippen molar-refractivity contribution in [1.82, 2.24) is 19.0 Å². The third-order valence-corrected chi connectivity index (χ3v) is 5.74. The summed E-state index contributed by atoms with van der Waals surface area (Å²) in [7, 11) is 0. The number of hydrogen-bond acceptors (Lipinski definition) is 4. The van der Waals surface area contributed by atoms with E-state index in [-0.39, 0.29) is 19.0 Å². The molecule has 3 aromatic rings. The molecular weight excluding hydrogens is 355 g/mol. The monoisotopic (exact) mass is 374 g/mol. The summed E-state index contributed by atoms with van der Waals surface area (Å²) in [5.74, 6) is -0.0879. The van der Waals surface area contributed by atoms with E-state index in [0.717, 1.165) is 30.0 Å². The second kappa shape index (κ2) is 6.68. The summed E-state index contributed by atoms with van der Waals surface area (Å²) in [5, 5.41) is 0. The van der Waals surface area contributed by atoms with Gasteiger partial charge < -0.3 is 4.90 Å². The largest absolute Gasteiger partial charge is 0.341 e. The van der Waals surface area contributed by atoms with Gasteiger partial charge in [-0.25, -0.2) is 14.2 Å². The minimum atomic E-state index is -0.660. The van der Waals surface area contributed by atoms with Crippen LogP contribution in [-0.2, 0) is 17.9 Å². The van der Waals surface area contributed by atoms with Crippen molar-refractivity contribution in [3.8, 4) is 10.4 Å². The van der Waals surface area contributed by atoms with Crippen molar-refractivity contribution in [2.45, 2.75) is 26.4 Å². The average Bonchev–Trinajstić information content (AvgIpc) is 3.10. The fourth-order valence-electron chi connectivity index (χ4n) is 3.16. The van der Waals surface area contributed by atoms with Gasteiger partial charge in [0.15, 0.2) is 5.65 Å². The summed E-state index contributed by atoms with van der Waals surface area (Å²) in [4.78, 5) is 33.5. The molecule has 8 heteroatoms. The molecule has 0 unspecified atom stereocenters. The number of nitrogens with zero attached hydrogens (tertiary/aromatic N) is 4. The second-order valence-corrected chi connectivity index (χ2v) is 7.71. The third kappa shape index (κ3) is 2.84. The lowest BCUT2D eigenvalue weighted by Gasteiger charge is -2.30. The van der Waals surface area contributed by atoms with E-state index in [9.17, 15) is 14.0 Å². The van der Waals surface area contributed by atoms with Crippen LogP contribution in [0.5, 0.6) is 0 Å². The van der Waals surface area contributed by atoms with Crippen LogP contribution in [0.4, 0.5) is 4.39 Å². The summed E-state index contributed by atoms with van der Waals surface area (Å²) in [6.07, 6.45) is 2.69. The van der Waals surface area contributed by atoms with Gasteiger partial charge in [-0.05, 0) is 31.5 Å². The Morgan fingerprint density at radius 2 is 2.12 bits per heavy atom. The zero-order chi connectivity index (χ0) is 18.3. The van der Waals surface area contributed by atoms with Crippen molar-refractivity contribution in [3.05, 3.63) is 39.8 Å². The van der Waals surface area contributed by atoms with Gasteiger partial charge in [0, 0.05) is 34.6 Å². The van der Waals surface area contributed by atoms with Crippen LogP contribution < -0.4 is 5.69 Å². The number of likely N-dealkylation sites (tertiary alicyclic amines) is 1. The van der Waals surface area contributed by atoms with Gasteiger partial charge in [0.1, 0.15) is 13.2 Å². The number of aromatic nitrogens is 3. The van der Waals surface area contributed by atoms with E-state index < -0.39 is 12.4 Å². The number of halogens is 1. The highest BCUT2D eigenvalue weighted by atomic mass is 32.1. The number of alkyl halides is 1. The zero-order valence-corrected chi connectivity index (χ0v) is 15.3. The quantitative estimate of drug-likeness (QED) is 0.689. The fourth-order valence-corrected chi connectivity index (χ4v) is 4.00. The standard InChI is InChI=1S/C18H19FN4O2S/c1-12-3-4-15(26-12)13-9-14-17(20-10-13)22(8-5-19)18(25)23(14)11-16(24)21-6-2-7-21/h3-4,9-10H,2,5-8,11H2,1H3. The van der Waals surface area contributed by atoms with Gasteiger partial charge in [-0.3, -0.25) is 13.9 Å². The molecule has 1 fully saturated rings. The molecule has 4 heterocycles. The molecule has 1 aliphatic heterocycles. The van der Waals surface area contributed by atoms with Gasteiger partial charge >= 0.3 is 5.69 Å². The van der Waals surface area contributed by atoms with Crippen LogP contribution in [-0.4, -0.2) is 44.7 Å². The molecule has 0 aliphatic carbocycles. The second-order valence-electron chi connectivity index (χ2n) is 6.42. The van der Waals surface area contributed by atoms with Crippen molar-refractivity contribution in [3.63, 3.8) is 0 Å². The molecule has 3 aromatic heterocycles. The molecule has 0 bridgehead atoms. The molecule has 0 N–H and O–H groups in total. The molecule has 26 heavy (non-hydrogen) atoms. The van der Waals surface area contributed by atoms with Crippen molar-refractivity contribution in [1.29, 1.82) is 0 Å². The summed E-state index contributed by atoms with van der Waals surface area (Å²) in [5.41, 5.74) is 1.48. The van der Waals surface area contributed by atoms with Gasteiger partial charge in [0.2, 0.25) is 5.91 Å². The van der Waals surface area contributed by atoms with Crippen molar-refractivity contribution >= 4 is 28.4 Å². The molecule has 1 saturated heterocycles. The van der Waals surface area contributed by atoms with E-state index in [1.54, 1.807) is 22.4 Å². The van der Waals surface area contributed by atoms with Crippen LogP contribution >= 0.6 is 11.3 Å². The number of hydrogen-bond donors (Lipinski definition) is 0. The van der Waals surface area contributed by atoms with E-state index in [0.29, 0.717) is 11.2 Å². The normalized spacial score (nSPS) is 14.0. The first-order valence-electron chi connectivity index (χ1n) is 8.58. The number of carbonyl (C=O) groups is 1. The molecule has 0 saturated carbocycles. The number of imidazole rings is 1. The van der Waals surface area contributed by atoms with E-state index in [1.807, 2.05) is 25.1 Å². The number of thiophene rings is 1. The number of rotatable bonds is 5. The summed E-state index contributed by atoms with van der Waals surface area (Å²) < 4.78 is 15.7. The Bertz CT molecular complexity index is 1030. The first kappa shape index (κ1) is 17.0. The number of aryl methyl sites for hydroxylation is 2. The predicted molar refractivity (Wildman–Crippen MR) is 99.2 cm³/mol. The average molecular weight is 374 g/mol. The topological polar surface area (TPSA) is 60.1 Å². The maximum atomic E-state index is 12.9. The van der Waals surface area contributed by atoms with Crippen LogP contribution in [0.2, 0.25) is 0 Å². The smallest absolute Gasteiger partial charge is 0.330 e. The number of fused-ring (bicyclic) bond motifs is 1. The van der Waals surface area contributed by atoms with Crippen LogP contribution in [0.3, 0.4) is 0 Å². The summed E-state index contributed by atoms with van der Waals surface area (Å²) >= 11 is 1.64. The van der Waals surface area contributed by atoms with Gasteiger partial charge in [0.25, 0.3) is 0 Å². The predicted octanol–water partition coefficient (Wildman–Crippen LogP) is 2.44. The van der Waals surface area contributed by atoms with Gasteiger partial charge in [0.05, 0.1) is 12.1 Å².